The maximum Gasteiger partial charge on any atom is 0.273 e. The van der Waals surface area contributed by atoms with E-state index in [0.717, 1.165) is 23.7 Å². The van der Waals surface area contributed by atoms with Gasteiger partial charge in [0.25, 0.3) is 5.91 Å². The third kappa shape index (κ3) is 3.23. The van der Waals surface area contributed by atoms with Gasteiger partial charge in [0.2, 0.25) is 0 Å². The minimum atomic E-state index is 0.00413. The minimum absolute atomic E-state index is 0.00413. The highest BCUT2D eigenvalue weighted by Gasteiger charge is 2.34. The molecule has 2 heterocycles. The molecule has 3 rings (SSSR count). The second-order valence-electron chi connectivity index (χ2n) is 5.84. The highest BCUT2D eigenvalue weighted by atomic mass is 32.1. The lowest BCUT2D eigenvalue weighted by molar-refractivity contribution is 0.0740. The van der Waals surface area contributed by atoms with Crippen LogP contribution in [-0.4, -0.2) is 35.5 Å². The van der Waals surface area contributed by atoms with E-state index in [1.807, 2.05) is 17.0 Å². The Balaban J connectivity index is 1.73. The van der Waals surface area contributed by atoms with Gasteiger partial charge in [0.1, 0.15) is 16.5 Å². The van der Waals surface area contributed by atoms with Crippen LogP contribution in [0.15, 0.2) is 29.6 Å². The molecule has 1 aromatic heterocycles. The standard InChI is InChI=1S/C17H21N3O2S/c1-11-7-13(12-3-5-14(22-2)6-4-12)9-20(11)17(21)15-10-23-16(8-18)19-15/h3-6,10-11,13H,7-9,18H2,1-2H3/t11-,13-/m0/s1. The van der Waals surface area contributed by atoms with Gasteiger partial charge in [-0.25, -0.2) is 4.98 Å². The first-order valence-electron chi connectivity index (χ1n) is 7.71. The van der Waals surface area contributed by atoms with Gasteiger partial charge >= 0.3 is 0 Å². The molecule has 1 aliphatic rings. The Labute approximate surface area is 140 Å². The topological polar surface area (TPSA) is 68.5 Å². The van der Waals surface area contributed by atoms with E-state index in [-0.39, 0.29) is 11.9 Å². The molecule has 2 N–H and O–H groups in total. The molecule has 0 saturated carbocycles. The van der Waals surface area contributed by atoms with Crippen molar-refractivity contribution < 1.29 is 9.53 Å². The minimum Gasteiger partial charge on any atom is -0.497 e. The second kappa shape index (κ2) is 6.68. The van der Waals surface area contributed by atoms with Crippen molar-refractivity contribution in [1.29, 1.82) is 0 Å². The number of hydrogen-bond acceptors (Lipinski definition) is 5. The number of hydrogen-bond donors (Lipinski definition) is 1. The van der Waals surface area contributed by atoms with E-state index in [9.17, 15) is 4.79 Å². The third-order valence-electron chi connectivity index (χ3n) is 4.37. The monoisotopic (exact) mass is 331 g/mol. The van der Waals surface area contributed by atoms with E-state index in [0.29, 0.717) is 18.2 Å². The lowest BCUT2D eigenvalue weighted by Gasteiger charge is -2.20. The van der Waals surface area contributed by atoms with Gasteiger partial charge in [0.15, 0.2) is 0 Å². The third-order valence-corrected chi connectivity index (χ3v) is 5.24. The maximum atomic E-state index is 12.7. The van der Waals surface area contributed by atoms with Crippen molar-refractivity contribution in [3.8, 4) is 5.75 Å². The van der Waals surface area contributed by atoms with Crippen LogP contribution in [0.4, 0.5) is 0 Å². The molecule has 1 saturated heterocycles. The average molecular weight is 331 g/mol. The summed E-state index contributed by atoms with van der Waals surface area (Å²) in [5.74, 6) is 1.21. The molecule has 2 atom stereocenters. The van der Waals surface area contributed by atoms with Gasteiger partial charge in [-0.3, -0.25) is 4.79 Å². The van der Waals surface area contributed by atoms with Crippen LogP contribution in [0.1, 0.15) is 40.3 Å². The Kier molecular flexibility index (Phi) is 4.63. The van der Waals surface area contributed by atoms with Crippen LogP contribution in [0.25, 0.3) is 0 Å². The Hall–Kier alpha value is -1.92. The van der Waals surface area contributed by atoms with E-state index < -0.39 is 0 Å². The summed E-state index contributed by atoms with van der Waals surface area (Å²) in [5.41, 5.74) is 7.33. The van der Waals surface area contributed by atoms with Crippen LogP contribution >= 0.6 is 11.3 Å². The summed E-state index contributed by atoms with van der Waals surface area (Å²) in [6.45, 7) is 3.20. The molecular formula is C17H21N3O2S. The van der Waals surface area contributed by atoms with Gasteiger partial charge in [0, 0.05) is 30.4 Å². The predicted octanol–water partition coefficient (Wildman–Crippen LogP) is 2.63. The highest BCUT2D eigenvalue weighted by Crippen LogP contribution is 2.33. The van der Waals surface area contributed by atoms with Crippen molar-refractivity contribution >= 4 is 17.2 Å². The highest BCUT2D eigenvalue weighted by molar-refractivity contribution is 7.09. The summed E-state index contributed by atoms with van der Waals surface area (Å²) in [7, 11) is 1.66. The first-order chi connectivity index (χ1) is 11.1. The molecule has 6 heteroatoms. The fraction of sp³-hybridized carbons (Fsp3) is 0.412. The summed E-state index contributed by atoms with van der Waals surface area (Å²) in [6, 6.07) is 8.31. The molecule has 1 aliphatic heterocycles. The Morgan fingerprint density at radius 2 is 2.17 bits per heavy atom. The van der Waals surface area contributed by atoms with E-state index in [1.54, 1.807) is 12.5 Å². The second-order valence-corrected chi connectivity index (χ2v) is 6.79. The number of nitrogens with two attached hydrogens (primary N) is 1. The molecule has 2 aromatic rings. The zero-order valence-electron chi connectivity index (χ0n) is 13.4. The molecule has 0 spiro atoms. The number of likely N-dealkylation sites (tertiary alicyclic amines) is 1. The summed E-state index contributed by atoms with van der Waals surface area (Å²) in [4.78, 5) is 18.9. The number of rotatable bonds is 4. The van der Waals surface area contributed by atoms with Crippen molar-refractivity contribution in [1.82, 2.24) is 9.88 Å². The van der Waals surface area contributed by atoms with Crippen LogP contribution in [0.5, 0.6) is 5.75 Å². The van der Waals surface area contributed by atoms with Crippen molar-refractivity contribution in [2.75, 3.05) is 13.7 Å². The smallest absolute Gasteiger partial charge is 0.273 e. The number of benzene rings is 1. The number of aromatic nitrogens is 1. The summed E-state index contributed by atoms with van der Waals surface area (Å²) < 4.78 is 5.20. The van der Waals surface area contributed by atoms with Gasteiger partial charge < -0.3 is 15.4 Å². The van der Waals surface area contributed by atoms with E-state index >= 15 is 0 Å². The molecule has 0 unspecified atom stereocenters. The molecule has 1 amide bonds. The molecule has 0 radical (unpaired) electrons. The van der Waals surface area contributed by atoms with Gasteiger partial charge in [-0.15, -0.1) is 11.3 Å². The van der Waals surface area contributed by atoms with Gasteiger partial charge in [-0.1, -0.05) is 12.1 Å². The molecule has 5 nitrogen and oxygen atoms in total. The molecule has 0 bridgehead atoms. The zero-order valence-corrected chi connectivity index (χ0v) is 14.2. The number of ether oxygens (including phenoxy) is 1. The quantitative estimate of drug-likeness (QED) is 0.935. The number of nitrogens with zero attached hydrogens (tertiary/aromatic N) is 2. The number of methoxy groups -OCH3 is 1. The predicted molar refractivity (Wildman–Crippen MR) is 90.9 cm³/mol. The lowest BCUT2D eigenvalue weighted by Crippen LogP contribution is -2.34. The van der Waals surface area contributed by atoms with E-state index in [2.05, 4.69) is 24.0 Å². The molecular weight excluding hydrogens is 310 g/mol. The van der Waals surface area contributed by atoms with Gasteiger partial charge in [-0.05, 0) is 31.0 Å². The van der Waals surface area contributed by atoms with E-state index in [1.165, 1.54) is 16.9 Å². The van der Waals surface area contributed by atoms with Crippen LogP contribution in [0.3, 0.4) is 0 Å². The SMILES string of the molecule is COc1ccc([C@H]2C[C@H](C)N(C(=O)c3csc(CN)n3)C2)cc1. The van der Waals surface area contributed by atoms with Crippen LogP contribution in [0, 0.1) is 0 Å². The van der Waals surface area contributed by atoms with Gasteiger partial charge in [0.05, 0.1) is 7.11 Å². The molecule has 1 aromatic carbocycles. The molecule has 122 valence electrons. The Bertz CT molecular complexity index is 683. The molecule has 23 heavy (non-hydrogen) atoms. The van der Waals surface area contributed by atoms with Crippen molar-refractivity contribution in [2.24, 2.45) is 5.73 Å². The Morgan fingerprint density at radius 1 is 1.43 bits per heavy atom. The van der Waals surface area contributed by atoms with E-state index in [4.69, 9.17) is 10.5 Å². The number of carbonyl (C=O) groups excluding carboxylic acids is 1. The fourth-order valence-electron chi connectivity index (χ4n) is 3.08. The largest absolute Gasteiger partial charge is 0.497 e. The van der Waals surface area contributed by atoms with Crippen molar-refractivity contribution in [2.45, 2.75) is 31.8 Å². The van der Waals surface area contributed by atoms with Crippen LogP contribution < -0.4 is 10.5 Å². The van der Waals surface area contributed by atoms with Crippen LogP contribution in [-0.2, 0) is 6.54 Å². The first kappa shape index (κ1) is 16.0. The summed E-state index contributed by atoms with van der Waals surface area (Å²) >= 11 is 1.44. The fourth-order valence-corrected chi connectivity index (χ4v) is 3.73. The van der Waals surface area contributed by atoms with Crippen molar-refractivity contribution in [3.63, 3.8) is 0 Å². The first-order valence-corrected chi connectivity index (χ1v) is 8.59. The number of carbonyl (C=O) groups is 1. The number of thiazole rings is 1. The summed E-state index contributed by atoms with van der Waals surface area (Å²) in [6.07, 6.45) is 0.964. The maximum absolute atomic E-state index is 12.7. The average Bonchev–Trinajstić information content (AvgIpc) is 3.21. The summed E-state index contributed by atoms with van der Waals surface area (Å²) in [5, 5.41) is 2.60. The molecule has 1 fully saturated rings. The normalized spacial score (nSPS) is 20.7. The van der Waals surface area contributed by atoms with Crippen molar-refractivity contribution in [3.05, 3.63) is 45.9 Å². The zero-order chi connectivity index (χ0) is 16.4. The number of amides is 1. The van der Waals surface area contributed by atoms with Gasteiger partial charge in [-0.2, -0.15) is 0 Å². The molecule has 0 aliphatic carbocycles. The Morgan fingerprint density at radius 3 is 2.78 bits per heavy atom. The lowest BCUT2D eigenvalue weighted by atomic mass is 9.97. The van der Waals surface area contributed by atoms with Crippen LogP contribution in [0.2, 0.25) is 0 Å².